The second-order valence-corrected chi connectivity index (χ2v) is 6.88. The molecule has 22 heavy (non-hydrogen) atoms. The SMILES string of the molecule is Cn1cc(Cl)c(Cc2noc(CC3CCCC(C)(C)O3)n2)n1. The van der Waals surface area contributed by atoms with Crippen molar-refractivity contribution in [1.29, 1.82) is 0 Å². The summed E-state index contributed by atoms with van der Waals surface area (Å²) in [5.74, 6) is 1.22. The number of hydrogen-bond donors (Lipinski definition) is 0. The molecular weight excluding hydrogens is 304 g/mol. The molecule has 0 radical (unpaired) electrons. The first-order valence-electron chi connectivity index (χ1n) is 7.58. The summed E-state index contributed by atoms with van der Waals surface area (Å²) < 4.78 is 13.1. The Kier molecular flexibility index (Phi) is 4.23. The molecule has 0 aromatic carbocycles. The zero-order valence-electron chi connectivity index (χ0n) is 13.2. The maximum absolute atomic E-state index is 6.10. The van der Waals surface area contributed by atoms with Gasteiger partial charge in [-0.1, -0.05) is 16.8 Å². The number of aryl methyl sites for hydroxylation is 1. The highest BCUT2D eigenvalue weighted by Crippen LogP contribution is 2.29. The van der Waals surface area contributed by atoms with E-state index >= 15 is 0 Å². The molecule has 1 fully saturated rings. The van der Waals surface area contributed by atoms with E-state index in [4.69, 9.17) is 20.9 Å². The summed E-state index contributed by atoms with van der Waals surface area (Å²) in [5.41, 5.74) is 0.694. The predicted octanol–water partition coefficient (Wildman–Crippen LogP) is 2.94. The molecule has 1 aliphatic rings. The first kappa shape index (κ1) is 15.5. The van der Waals surface area contributed by atoms with Crippen molar-refractivity contribution in [1.82, 2.24) is 19.9 Å². The fourth-order valence-electron chi connectivity index (χ4n) is 2.88. The topological polar surface area (TPSA) is 66.0 Å². The van der Waals surface area contributed by atoms with Gasteiger partial charge in [-0.2, -0.15) is 10.1 Å². The van der Waals surface area contributed by atoms with E-state index in [2.05, 4.69) is 29.1 Å². The van der Waals surface area contributed by atoms with Crippen LogP contribution in [0.3, 0.4) is 0 Å². The van der Waals surface area contributed by atoms with Gasteiger partial charge in [0.15, 0.2) is 5.82 Å². The molecule has 3 rings (SSSR count). The van der Waals surface area contributed by atoms with Crippen molar-refractivity contribution < 1.29 is 9.26 Å². The maximum Gasteiger partial charge on any atom is 0.229 e. The molecule has 1 unspecified atom stereocenters. The van der Waals surface area contributed by atoms with Gasteiger partial charge in [-0.3, -0.25) is 4.68 Å². The number of hydrogen-bond acceptors (Lipinski definition) is 5. The van der Waals surface area contributed by atoms with E-state index in [1.807, 2.05) is 7.05 Å². The molecule has 0 spiro atoms. The molecule has 3 heterocycles. The van der Waals surface area contributed by atoms with E-state index in [1.54, 1.807) is 10.9 Å². The summed E-state index contributed by atoms with van der Waals surface area (Å²) >= 11 is 6.10. The fraction of sp³-hybridized carbons (Fsp3) is 0.667. The van der Waals surface area contributed by atoms with Crippen molar-refractivity contribution in [2.45, 2.75) is 57.7 Å². The Hall–Kier alpha value is -1.40. The second kappa shape index (κ2) is 6.01. The molecule has 1 aliphatic heterocycles. The van der Waals surface area contributed by atoms with Gasteiger partial charge in [-0.15, -0.1) is 0 Å². The highest BCUT2D eigenvalue weighted by molar-refractivity contribution is 6.31. The molecule has 2 aromatic heterocycles. The molecule has 120 valence electrons. The summed E-state index contributed by atoms with van der Waals surface area (Å²) in [6, 6.07) is 0. The lowest BCUT2D eigenvalue weighted by Crippen LogP contribution is -2.36. The molecule has 0 N–H and O–H groups in total. The summed E-state index contributed by atoms with van der Waals surface area (Å²) in [6.07, 6.45) is 6.34. The van der Waals surface area contributed by atoms with Crippen molar-refractivity contribution in [3.63, 3.8) is 0 Å². The number of nitrogens with zero attached hydrogens (tertiary/aromatic N) is 4. The Morgan fingerprint density at radius 3 is 2.95 bits per heavy atom. The fourth-order valence-corrected chi connectivity index (χ4v) is 3.13. The van der Waals surface area contributed by atoms with Crippen molar-refractivity contribution in [3.8, 4) is 0 Å². The Bertz CT molecular complexity index is 650. The van der Waals surface area contributed by atoms with Crippen LogP contribution >= 0.6 is 11.6 Å². The van der Waals surface area contributed by atoms with E-state index in [1.165, 1.54) is 6.42 Å². The number of aromatic nitrogens is 4. The lowest BCUT2D eigenvalue weighted by atomic mass is 9.94. The zero-order chi connectivity index (χ0) is 15.7. The smallest absolute Gasteiger partial charge is 0.229 e. The highest BCUT2D eigenvalue weighted by Gasteiger charge is 2.29. The average molecular weight is 325 g/mol. The van der Waals surface area contributed by atoms with Crippen molar-refractivity contribution in [2.24, 2.45) is 7.05 Å². The van der Waals surface area contributed by atoms with Crippen LogP contribution < -0.4 is 0 Å². The standard InChI is InChI=1S/C15H21ClN4O2/c1-15(2)6-4-5-10(21-15)7-14-17-13(19-22-14)8-12-11(16)9-20(3)18-12/h9-10H,4-8H2,1-3H3. The normalized spacial score (nSPS) is 21.2. The molecule has 7 heteroatoms. The molecule has 1 saturated heterocycles. The summed E-state index contributed by atoms with van der Waals surface area (Å²) in [7, 11) is 1.83. The molecular formula is C15H21ClN4O2. The van der Waals surface area contributed by atoms with Crippen LogP contribution in [0.4, 0.5) is 0 Å². The van der Waals surface area contributed by atoms with Gasteiger partial charge >= 0.3 is 0 Å². The number of halogens is 1. The van der Waals surface area contributed by atoms with Gasteiger partial charge in [0.05, 0.1) is 35.3 Å². The lowest BCUT2D eigenvalue weighted by Gasteiger charge is -2.35. The zero-order valence-corrected chi connectivity index (χ0v) is 13.9. The van der Waals surface area contributed by atoms with Crippen LogP contribution in [0.2, 0.25) is 5.02 Å². The Morgan fingerprint density at radius 1 is 1.45 bits per heavy atom. The largest absolute Gasteiger partial charge is 0.372 e. The lowest BCUT2D eigenvalue weighted by molar-refractivity contribution is -0.107. The van der Waals surface area contributed by atoms with Gasteiger partial charge in [-0.05, 0) is 33.1 Å². The third-order valence-corrected chi connectivity index (χ3v) is 4.20. The van der Waals surface area contributed by atoms with Gasteiger partial charge in [-0.25, -0.2) is 0 Å². The molecule has 0 saturated carbocycles. The van der Waals surface area contributed by atoms with E-state index in [-0.39, 0.29) is 11.7 Å². The van der Waals surface area contributed by atoms with Crippen LogP contribution in [0.1, 0.15) is 50.5 Å². The van der Waals surface area contributed by atoms with E-state index in [9.17, 15) is 0 Å². The average Bonchev–Trinajstić information content (AvgIpc) is 2.96. The molecule has 6 nitrogen and oxygen atoms in total. The molecule has 0 bridgehead atoms. The van der Waals surface area contributed by atoms with Crippen molar-refractivity contribution in [3.05, 3.63) is 28.6 Å². The highest BCUT2D eigenvalue weighted by atomic mass is 35.5. The molecule has 0 amide bonds. The third kappa shape index (κ3) is 3.67. The number of rotatable bonds is 4. The summed E-state index contributed by atoms with van der Waals surface area (Å²) in [5, 5.41) is 8.92. The minimum absolute atomic E-state index is 0.0623. The first-order chi connectivity index (χ1) is 10.4. The first-order valence-corrected chi connectivity index (χ1v) is 7.96. The van der Waals surface area contributed by atoms with Gasteiger partial charge in [0.2, 0.25) is 5.89 Å². The monoisotopic (exact) mass is 324 g/mol. The maximum atomic E-state index is 6.10. The minimum Gasteiger partial charge on any atom is -0.372 e. The summed E-state index contributed by atoms with van der Waals surface area (Å²) in [4.78, 5) is 4.43. The third-order valence-electron chi connectivity index (χ3n) is 3.88. The minimum atomic E-state index is -0.0623. The second-order valence-electron chi connectivity index (χ2n) is 6.47. The predicted molar refractivity (Wildman–Crippen MR) is 81.8 cm³/mol. The van der Waals surface area contributed by atoms with Crippen molar-refractivity contribution >= 4 is 11.6 Å². The Balaban J connectivity index is 1.63. The quantitative estimate of drug-likeness (QED) is 0.865. The summed E-state index contributed by atoms with van der Waals surface area (Å²) in [6.45, 7) is 4.25. The molecule has 1 atom stereocenters. The van der Waals surface area contributed by atoms with Crippen LogP contribution in [-0.2, 0) is 24.6 Å². The van der Waals surface area contributed by atoms with E-state index < -0.39 is 0 Å². The van der Waals surface area contributed by atoms with Crippen LogP contribution in [0.15, 0.2) is 10.7 Å². The Morgan fingerprint density at radius 2 is 2.27 bits per heavy atom. The van der Waals surface area contributed by atoms with Crippen LogP contribution in [-0.4, -0.2) is 31.6 Å². The van der Waals surface area contributed by atoms with E-state index in [0.717, 1.165) is 18.5 Å². The van der Waals surface area contributed by atoms with Gasteiger partial charge in [0.1, 0.15) is 0 Å². The Labute approximate surface area is 134 Å². The van der Waals surface area contributed by atoms with Crippen LogP contribution in [0.5, 0.6) is 0 Å². The van der Waals surface area contributed by atoms with Crippen LogP contribution in [0.25, 0.3) is 0 Å². The van der Waals surface area contributed by atoms with Gasteiger partial charge < -0.3 is 9.26 Å². The molecule has 2 aromatic rings. The van der Waals surface area contributed by atoms with Crippen LogP contribution in [0, 0.1) is 0 Å². The van der Waals surface area contributed by atoms with E-state index in [0.29, 0.717) is 29.6 Å². The molecule has 0 aliphatic carbocycles. The van der Waals surface area contributed by atoms with Gasteiger partial charge in [0.25, 0.3) is 0 Å². The van der Waals surface area contributed by atoms with Gasteiger partial charge in [0, 0.05) is 13.2 Å². The van der Waals surface area contributed by atoms with Crippen molar-refractivity contribution in [2.75, 3.05) is 0 Å². The number of ether oxygens (including phenoxy) is 1.